The van der Waals surface area contributed by atoms with E-state index in [1.165, 1.54) is 5.06 Å². The number of piperidine rings is 1. The normalized spacial score (nSPS) is 22.4. The van der Waals surface area contributed by atoms with Crippen LogP contribution in [0.5, 0.6) is 0 Å². The maximum Gasteiger partial charge on any atom is 0.500 e. The second kappa shape index (κ2) is 8.94. The number of nitrogens with zero attached hydrogens (tertiary/aromatic N) is 1. The van der Waals surface area contributed by atoms with Crippen LogP contribution < -0.4 is 0 Å². The van der Waals surface area contributed by atoms with Crippen LogP contribution in [-0.2, 0) is 27.1 Å². The minimum absolute atomic E-state index is 0.0379. The molecule has 0 radical (unpaired) electrons. The SMILES string of the molecule is CC(C)(C)COP(=O)(O)OP(=O)(OCC(C)(C)C)ON1CCCCC1. The summed E-state index contributed by atoms with van der Waals surface area (Å²) >= 11 is 0. The Hall–Kier alpha value is 0.220. The van der Waals surface area contributed by atoms with Gasteiger partial charge in [-0.25, -0.2) is 9.13 Å². The zero-order chi connectivity index (χ0) is 19.4. The second-order valence-electron chi connectivity index (χ2n) is 8.74. The lowest BCUT2D eigenvalue weighted by molar-refractivity contribution is -0.0998. The Morgan fingerprint density at radius 3 is 1.84 bits per heavy atom. The number of hydrogen-bond acceptors (Lipinski definition) is 7. The minimum atomic E-state index is -4.60. The predicted octanol–water partition coefficient (Wildman–Crippen LogP) is 4.75. The third-order valence-electron chi connectivity index (χ3n) is 3.05. The molecule has 8 nitrogen and oxygen atoms in total. The fraction of sp³-hybridized carbons (Fsp3) is 1.00. The first-order valence-corrected chi connectivity index (χ1v) is 11.5. The highest BCUT2D eigenvalue weighted by Gasteiger charge is 2.42. The van der Waals surface area contributed by atoms with E-state index in [1.807, 2.05) is 41.5 Å². The van der Waals surface area contributed by atoms with E-state index in [4.69, 9.17) is 18.0 Å². The van der Waals surface area contributed by atoms with Crippen molar-refractivity contribution in [3.05, 3.63) is 0 Å². The molecule has 0 bridgehead atoms. The van der Waals surface area contributed by atoms with Gasteiger partial charge in [0, 0.05) is 13.1 Å². The average Bonchev–Trinajstić information content (AvgIpc) is 2.42. The lowest BCUT2D eigenvalue weighted by Gasteiger charge is -2.30. The van der Waals surface area contributed by atoms with Crippen LogP contribution >= 0.6 is 15.6 Å². The number of hydroxylamine groups is 2. The van der Waals surface area contributed by atoms with E-state index in [9.17, 15) is 14.0 Å². The summed E-state index contributed by atoms with van der Waals surface area (Å²) in [5.41, 5.74) is -0.679. The van der Waals surface area contributed by atoms with Crippen LogP contribution in [0.15, 0.2) is 0 Å². The third-order valence-corrected chi connectivity index (χ3v) is 6.01. The van der Waals surface area contributed by atoms with Crippen molar-refractivity contribution in [1.29, 1.82) is 0 Å². The van der Waals surface area contributed by atoms with Crippen molar-refractivity contribution in [3.63, 3.8) is 0 Å². The summed E-state index contributed by atoms with van der Waals surface area (Å²) in [6, 6.07) is 0. The highest BCUT2D eigenvalue weighted by molar-refractivity contribution is 7.61. The molecule has 1 N–H and O–H groups in total. The van der Waals surface area contributed by atoms with Gasteiger partial charge in [-0.05, 0) is 23.7 Å². The standard InChI is InChI=1S/C15H33NO7P2/c1-14(2,3)12-20-24(17,18)23-25(19,21-13-15(4,5)6)22-16-10-8-7-9-11-16/h7-13H2,1-6H3,(H,17,18). The van der Waals surface area contributed by atoms with Crippen molar-refractivity contribution in [2.75, 3.05) is 26.3 Å². The van der Waals surface area contributed by atoms with E-state index in [0.717, 1.165) is 19.3 Å². The van der Waals surface area contributed by atoms with Crippen molar-refractivity contribution in [1.82, 2.24) is 5.06 Å². The number of phosphoric ester groups is 1. The molecule has 1 heterocycles. The highest BCUT2D eigenvalue weighted by Crippen LogP contribution is 2.64. The second-order valence-corrected chi connectivity index (χ2v) is 11.9. The van der Waals surface area contributed by atoms with Crippen molar-refractivity contribution in [2.45, 2.75) is 60.8 Å². The molecule has 0 spiro atoms. The number of phosphoric acid groups is 2. The molecular weight excluding hydrogens is 368 g/mol. The molecule has 2 atom stereocenters. The molecule has 0 amide bonds. The van der Waals surface area contributed by atoms with Gasteiger partial charge < -0.3 is 4.89 Å². The van der Waals surface area contributed by atoms with Crippen molar-refractivity contribution in [2.24, 2.45) is 10.8 Å². The summed E-state index contributed by atoms with van der Waals surface area (Å²) in [6.45, 7) is 12.3. The first kappa shape index (κ1) is 23.3. The lowest BCUT2D eigenvalue weighted by atomic mass is 9.99. The van der Waals surface area contributed by atoms with Gasteiger partial charge in [-0.3, -0.25) is 9.05 Å². The van der Waals surface area contributed by atoms with Gasteiger partial charge in [-0.1, -0.05) is 48.0 Å². The molecule has 0 saturated carbocycles. The van der Waals surface area contributed by atoms with Crippen LogP contribution in [0.1, 0.15) is 60.8 Å². The van der Waals surface area contributed by atoms with E-state index < -0.39 is 15.6 Å². The van der Waals surface area contributed by atoms with Crippen LogP contribution in [0, 0.1) is 10.8 Å². The van der Waals surface area contributed by atoms with Crippen LogP contribution in [0.4, 0.5) is 0 Å². The molecule has 0 aromatic carbocycles. The number of hydrogen-bond donors (Lipinski definition) is 1. The lowest BCUT2D eigenvalue weighted by Crippen LogP contribution is -2.30. The minimum Gasteiger partial charge on any atom is -0.302 e. The summed E-state index contributed by atoms with van der Waals surface area (Å²) in [7, 11) is -8.90. The molecule has 1 aliphatic rings. The third kappa shape index (κ3) is 10.8. The maximum absolute atomic E-state index is 12.9. The van der Waals surface area contributed by atoms with Gasteiger partial charge in [0.2, 0.25) is 0 Å². The van der Waals surface area contributed by atoms with E-state index in [2.05, 4.69) is 0 Å². The molecular formula is C15H33NO7P2. The topological polar surface area (TPSA) is 94.5 Å². The van der Waals surface area contributed by atoms with Gasteiger partial charge in [0.05, 0.1) is 13.2 Å². The first-order valence-electron chi connectivity index (χ1n) is 8.58. The molecule has 1 rings (SSSR count). The molecule has 0 aliphatic carbocycles. The van der Waals surface area contributed by atoms with Crippen LogP contribution in [0.25, 0.3) is 0 Å². The maximum atomic E-state index is 12.9. The molecule has 0 aromatic rings. The Morgan fingerprint density at radius 1 is 0.880 bits per heavy atom. The van der Waals surface area contributed by atoms with Gasteiger partial charge in [0.15, 0.2) is 0 Å². The zero-order valence-corrected chi connectivity index (χ0v) is 18.0. The largest absolute Gasteiger partial charge is 0.500 e. The van der Waals surface area contributed by atoms with Gasteiger partial charge in [0.1, 0.15) is 0 Å². The monoisotopic (exact) mass is 401 g/mol. The summed E-state index contributed by atoms with van der Waals surface area (Å²) in [5, 5.41) is 1.47. The van der Waals surface area contributed by atoms with Crippen LogP contribution in [0.3, 0.4) is 0 Å². The van der Waals surface area contributed by atoms with E-state index in [-0.39, 0.29) is 24.0 Å². The number of rotatable bonds is 8. The average molecular weight is 401 g/mol. The Bertz CT molecular complexity index is 507. The summed E-state index contributed by atoms with van der Waals surface area (Å²) in [4.78, 5) is 9.93. The Kier molecular flexibility index (Phi) is 8.32. The fourth-order valence-electron chi connectivity index (χ4n) is 1.85. The highest BCUT2D eigenvalue weighted by atomic mass is 31.3. The van der Waals surface area contributed by atoms with E-state index >= 15 is 0 Å². The van der Waals surface area contributed by atoms with Gasteiger partial charge in [-0.15, -0.1) is 0 Å². The van der Waals surface area contributed by atoms with Crippen molar-refractivity contribution >= 4 is 15.6 Å². The Labute approximate surface area is 151 Å². The predicted molar refractivity (Wildman–Crippen MR) is 95.8 cm³/mol. The van der Waals surface area contributed by atoms with Crippen molar-refractivity contribution in [3.8, 4) is 0 Å². The molecule has 1 aliphatic heterocycles. The zero-order valence-electron chi connectivity index (χ0n) is 16.2. The first-order chi connectivity index (χ1) is 11.2. The molecule has 0 aromatic heterocycles. The van der Waals surface area contributed by atoms with Crippen molar-refractivity contribution < 1.29 is 32.0 Å². The van der Waals surface area contributed by atoms with E-state index in [0.29, 0.717) is 13.1 Å². The van der Waals surface area contributed by atoms with Gasteiger partial charge >= 0.3 is 15.6 Å². The smallest absolute Gasteiger partial charge is 0.302 e. The Balaban J connectivity index is 2.81. The molecule has 10 heteroatoms. The summed E-state index contributed by atoms with van der Waals surface area (Å²) in [6.07, 6.45) is 2.83. The molecule has 25 heavy (non-hydrogen) atoms. The van der Waals surface area contributed by atoms with Crippen LogP contribution in [0.2, 0.25) is 0 Å². The molecule has 2 unspecified atom stereocenters. The van der Waals surface area contributed by atoms with Crippen LogP contribution in [-0.4, -0.2) is 36.3 Å². The Morgan fingerprint density at radius 2 is 1.36 bits per heavy atom. The summed E-state index contributed by atoms with van der Waals surface area (Å²) < 4.78 is 45.7. The summed E-state index contributed by atoms with van der Waals surface area (Å²) in [5.74, 6) is 0. The molecule has 1 saturated heterocycles. The molecule has 1 fully saturated rings. The van der Waals surface area contributed by atoms with Gasteiger partial charge in [0.25, 0.3) is 0 Å². The van der Waals surface area contributed by atoms with E-state index in [1.54, 1.807) is 0 Å². The molecule has 150 valence electrons. The fourth-order valence-corrected chi connectivity index (χ4v) is 4.94. The quantitative estimate of drug-likeness (QED) is 0.582. The van der Waals surface area contributed by atoms with Gasteiger partial charge in [-0.2, -0.15) is 14.0 Å².